The van der Waals surface area contributed by atoms with Crippen LogP contribution in [0.2, 0.25) is 0 Å². The van der Waals surface area contributed by atoms with Crippen LogP contribution in [0.25, 0.3) is 11.3 Å². The average molecular weight is 298 g/mol. The van der Waals surface area contributed by atoms with E-state index in [0.29, 0.717) is 11.3 Å². The van der Waals surface area contributed by atoms with Gasteiger partial charge in [-0.05, 0) is 12.1 Å². The van der Waals surface area contributed by atoms with Gasteiger partial charge >= 0.3 is 0 Å². The van der Waals surface area contributed by atoms with Crippen LogP contribution in [0.15, 0.2) is 23.6 Å². The van der Waals surface area contributed by atoms with E-state index in [1.807, 2.05) is 17.1 Å². The summed E-state index contributed by atoms with van der Waals surface area (Å²) in [6, 6.07) is 3.74. The maximum Gasteiger partial charge on any atom is 0.126 e. The van der Waals surface area contributed by atoms with Crippen LogP contribution in [-0.2, 0) is 0 Å². The predicted molar refractivity (Wildman–Crippen MR) is 75.5 cm³/mol. The zero-order chi connectivity index (χ0) is 13.2. The third-order valence-corrected chi connectivity index (χ3v) is 4.92. The second-order valence-electron chi connectivity index (χ2n) is 4.31. The first-order valence-electron chi connectivity index (χ1n) is 5.95. The monoisotopic (exact) mass is 298 g/mol. The first-order valence-corrected chi connectivity index (χ1v) is 7.99. The van der Waals surface area contributed by atoms with E-state index in [0.717, 1.165) is 29.1 Å². The van der Waals surface area contributed by atoms with Crippen LogP contribution < -0.4 is 5.32 Å². The Hall–Kier alpha value is -0.980. The first-order chi connectivity index (χ1) is 9.22. The molecule has 1 fully saturated rings. The lowest BCUT2D eigenvalue weighted by Crippen LogP contribution is -2.30. The van der Waals surface area contributed by atoms with Crippen molar-refractivity contribution in [2.75, 3.05) is 18.1 Å². The molecule has 0 aliphatic carbocycles. The minimum atomic E-state index is -0.573. The van der Waals surface area contributed by atoms with E-state index in [-0.39, 0.29) is 6.04 Å². The van der Waals surface area contributed by atoms with E-state index in [4.69, 9.17) is 0 Å². The van der Waals surface area contributed by atoms with Crippen LogP contribution in [0, 0.1) is 11.6 Å². The molecule has 2 aromatic rings. The molecule has 0 bridgehead atoms. The first kappa shape index (κ1) is 13.0. The third kappa shape index (κ3) is 2.96. The second kappa shape index (κ2) is 5.56. The fourth-order valence-corrected chi connectivity index (χ4v) is 3.95. The van der Waals surface area contributed by atoms with Gasteiger partial charge in [0.15, 0.2) is 0 Å². The Morgan fingerprint density at radius 2 is 2.00 bits per heavy atom. The number of halogens is 2. The molecule has 0 radical (unpaired) electrons. The molecule has 1 aromatic carbocycles. The summed E-state index contributed by atoms with van der Waals surface area (Å²) >= 11 is 3.42. The molecule has 1 unspecified atom stereocenters. The summed E-state index contributed by atoms with van der Waals surface area (Å²) in [4.78, 5) is 4.50. The molecular formula is C13H12F2N2S2. The maximum absolute atomic E-state index is 13.2. The van der Waals surface area contributed by atoms with E-state index in [1.54, 1.807) is 0 Å². The van der Waals surface area contributed by atoms with Crippen molar-refractivity contribution in [1.29, 1.82) is 0 Å². The van der Waals surface area contributed by atoms with Crippen LogP contribution >= 0.6 is 23.1 Å². The fraction of sp³-hybridized carbons (Fsp3) is 0.308. The number of hydrogen-bond donors (Lipinski definition) is 1. The van der Waals surface area contributed by atoms with Gasteiger partial charge in [-0.1, -0.05) is 0 Å². The fourth-order valence-electron chi connectivity index (χ4n) is 2.01. The van der Waals surface area contributed by atoms with Crippen molar-refractivity contribution in [1.82, 2.24) is 10.3 Å². The maximum atomic E-state index is 13.2. The van der Waals surface area contributed by atoms with Gasteiger partial charge < -0.3 is 5.32 Å². The smallest absolute Gasteiger partial charge is 0.126 e. The molecule has 1 aliphatic rings. The summed E-state index contributed by atoms with van der Waals surface area (Å²) in [5, 5.41) is 6.23. The number of thioether (sulfide) groups is 1. The van der Waals surface area contributed by atoms with Gasteiger partial charge in [0.1, 0.15) is 16.6 Å². The van der Waals surface area contributed by atoms with Gasteiger partial charge in [0.2, 0.25) is 0 Å². The molecule has 100 valence electrons. The summed E-state index contributed by atoms with van der Waals surface area (Å²) in [7, 11) is 0. The highest BCUT2D eigenvalue weighted by molar-refractivity contribution is 7.99. The van der Waals surface area contributed by atoms with Gasteiger partial charge in [-0.15, -0.1) is 11.3 Å². The number of benzene rings is 1. The molecule has 1 atom stereocenters. The lowest BCUT2D eigenvalue weighted by molar-refractivity contribution is 0.583. The molecule has 1 aromatic heterocycles. The normalized spacial score (nSPS) is 19.6. The number of nitrogens with zero attached hydrogens (tertiary/aromatic N) is 1. The Labute approximate surface area is 118 Å². The van der Waals surface area contributed by atoms with Crippen LogP contribution in [0.3, 0.4) is 0 Å². The van der Waals surface area contributed by atoms with Gasteiger partial charge in [-0.2, -0.15) is 11.8 Å². The molecule has 1 aliphatic heterocycles. The van der Waals surface area contributed by atoms with E-state index < -0.39 is 11.6 Å². The zero-order valence-corrected chi connectivity index (χ0v) is 11.7. The van der Waals surface area contributed by atoms with Crippen molar-refractivity contribution < 1.29 is 8.78 Å². The van der Waals surface area contributed by atoms with Gasteiger partial charge in [-0.25, -0.2) is 13.8 Å². The summed E-state index contributed by atoms with van der Waals surface area (Å²) in [5.41, 5.74) is 1.12. The van der Waals surface area contributed by atoms with Crippen LogP contribution in [-0.4, -0.2) is 23.0 Å². The average Bonchev–Trinajstić information content (AvgIpc) is 2.88. The zero-order valence-electron chi connectivity index (χ0n) is 10.0. The number of aromatic nitrogens is 1. The van der Waals surface area contributed by atoms with Gasteiger partial charge in [0.25, 0.3) is 0 Å². The van der Waals surface area contributed by atoms with Gasteiger partial charge in [-0.3, -0.25) is 0 Å². The second-order valence-corrected chi connectivity index (χ2v) is 6.35. The number of thiazole rings is 1. The van der Waals surface area contributed by atoms with Crippen molar-refractivity contribution >= 4 is 23.1 Å². The number of rotatable bonds is 2. The number of nitrogens with one attached hydrogen (secondary N) is 1. The van der Waals surface area contributed by atoms with Crippen molar-refractivity contribution in [3.8, 4) is 11.3 Å². The summed E-state index contributed by atoms with van der Waals surface area (Å²) in [6.07, 6.45) is 0. The standard InChI is InChI=1S/C13H12F2N2S2/c14-9-3-8(4-10(15)5-9)11-7-19-13(17-11)12-6-18-2-1-16-12/h3-5,7,12,16H,1-2,6H2. The molecule has 1 N–H and O–H groups in total. The number of hydrogen-bond acceptors (Lipinski definition) is 4. The van der Waals surface area contributed by atoms with E-state index in [2.05, 4.69) is 10.3 Å². The Bertz CT molecular complexity index is 560. The summed E-state index contributed by atoms with van der Waals surface area (Å²) < 4.78 is 26.4. The molecule has 2 heterocycles. The molecule has 1 saturated heterocycles. The molecule has 0 saturated carbocycles. The SMILES string of the molecule is Fc1cc(F)cc(-c2csc(C3CSCCN3)n2)c1. The minimum Gasteiger partial charge on any atom is -0.306 e. The van der Waals surface area contributed by atoms with Crippen molar-refractivity contribution in [2.24, 2.45) is 0 Å². The Kier molecular flexibility index (Phi) is 3.81. The third-order valence-electron chi connectivity index (χ3n) is 2.90. The quantitative estimate of drug-likeness (QED) is 0.919. The van der Waals surface area contributed by atoms with Crippen molar-refractivity contribution in [3.63, 3.8) is 0 Å². The predicted octanol–water partition coefficient (Wildman–Crippen LogP) is 3.47. The molecule has 0 spiro atoms. The Balaban J connectivity index is 1.87. The van der Waals surface area contributed by atoms with Crippen LogP contribution in [0.1, 0.15) is 11.0 Å². The largest absolute Gasteiger partial charge is 0.306 e. The molecule has 3 rings (SSSR count). The van der Waals surface area contributed by atoms with E-state index in [9.17, 15) is 8.78 Å². The summed E-state index contributed by atoms with van der Waals surface area (Å²) in [5.74, 6) is 0.959. The Morgan fingerprint density at radius 1 is 1.21 bits per heavy atom. The topological polar surface area (TPSA) is 24.9 Å². The lowest BCUT2D eigenvalue weighted by atomic mass is 10.1. The molecule has 19 heavy (non-hydrogen) atoms. The highest BCUT2D eigenvalue weighted by Gasteiger charge is 2.19. The van der Waals surface area contributed by atoms with E-state index >= 15 is 0 Å². The summed E-state index contributed by atoms with van der Waals surface area (Å²) in [6.45, 7) is 0.971. The lowest BCUT2D eigenvalue weighted by Gasteiger charge is -2.20. The minimum absolute atomic E-state index is 0.246. The molecule has 2 nitrogen and oxygen atoms in total. The molecule has 6 heteroatoms. The highest BCUT2D eigenvalue weighted by Crippen LogP contribution is 2.29. The molecular weight excluding hydrogens is 286 g/mol. The van der Waals surface area contributed by atoms with Crippen LogP contribution in [0.4, 0.5) is 8.78 Å². The van der Waals surface area contributed by atoms with Crippen molar-refractivity contribution in [2.45, 2.75) is 6.04 Å². The van der Waals surface area contributed by atoms with E-state index in [1.165, 1.54) is 23.5 Å². The van der Waals surface area contributed by atoms with Gasteiger partial charge in [0.05, 0.1) is 11.7 Å². The molecule has 0 amide bonds. The van der Waals surface area contributed by atoms with Crippen LogP contribution in [0.5, 0.6) is 0 Å². The van der Waals surface area contributed by atoms with Crippen molar-refractivity contribution in [3.05, 3.63) is 40.2 Å². The Morgan fingerprint density at radius 3 is 2.68 bits per heavy atom. The highest BCUT2D eigenvalue weighted by atomic mass is 32.2. The van der Waals surface area contributed by atoms with Gasteiger partial charge in [0, 0.05) is 35.1 Å².